The molecule has 3 heteroatoms. The Morgan fingerprint density at radius 3 is 2.26 bits per heavy atom. The highest BCUT2D eigenvalue weighted by molar-refractivity contribution is 4.90. The fourth-order valence-electron chi connectivity index (χ4n) is 3.22. The van der Waals surface area contributed by atoms with Gasteiger partial charge in [0.2, 0.25) is 0 Å². The van der Waals surface area contributed by atoms with Crippen LogP contribution < -0.4 is 5.32 Å². The van der Waals surface area contributed by atoms with Crippen LogP contribution in [0, 0.1) is 11.3 Å². The third-order valence-corrected chi connectivity index (χ3v) is 4.37. The maximum absolute atomic E-state index is 9.23. The first-order valence-electron chi connectivity index (χ1n) is 8.05. The van der Waals surface area contributed by atoms with Crippen LogP contribution in [-0.2, 0) is 0 Å². The fraction of sp³-hybridized carbons (Fsp3) is 1.00. The lowest BCUT2D eigenvalue weighted by atomic mass is 9.85. The number of aliphatic hydroxyl groups is 1. The van der Waals surface area contributed by atoms with Gasteiger partial charge in [0.25, 0.3) is 0 Å². The van der Waals surface area contributed by atoms with Crippen LogP contribution in [0.1, 0.15) is 53.4 Å². The second kappa shape index (κ2) is 8.23. The second-order valence-corrected chi connectivity index (χ2v) is 7.02. The number of nitrogens with zero attached hydrogens (tertiary/aromatic N) is 1. The average Bonchev–Trinajstić information content (AvgIpc) is 2.77. The first-order valence-corrected chi connectivity index (χ1v) is 8.05. The molecule has 1 fully saturated rings. The number of aliphatic hydroxyl groups excluding tert-OH is 1. The molecule has 0 radical (unpaired) electrons. The number of rotatable bonds is 9. The minimum absolute atomic E-state index is 0.272. The maximum atomic E-state index is 9.23. The highest BCUT2D eigenvalue weighted by Crippen LogP contribution is 2.38. The van der Waals surface area contributed by atoms with Crippen molar-refractivity contribution in [2.45, 2.75) is 59.4 Å². The van der Waals surface area contributed by atoms with Gasteiger partial charge in [-0.1, -0.05) is 26.7 Å². The third-order valence-electron chi connectivity index (χ3n) is 4.37. The van der Waals surface area contributed by atoms with Gasteiger partial charge in [0, 0.05) is 25.7 Å². The Labute approximate surface area is 119 Å². The van der Waals surface area contributed by atoms with Gasteiger partial charge in [-0.15, -0.1) is 0 Å². The normalized spacial score (nSPS) is 18.9. The maximum Gasteiger partial charge on any atom is 0.0558 e. The van der Waals surface area contributed by atoms with Gasteiger partial charge in [-0.25, -0.2) is 0 Å². The molecule has 1 aliphatic carbocycles. The molecule has 1 saturated carbocycles. The molecule has 0 aromatic rings. The Bertz CT molecular complexity index is 235. The van der Waals surface area contributed by atoms with Gasteiger partial charge >= 0.3 is 0 Å². The van der Waals surface area contributed by atoms with Crippen LogP contribution in [0.25, 0.3) is 0 Å². The summed E-state index contributed by atoms with van der Waals surface area (Å²) < 4.78 is 0. The van der Waals surface area contributed by atoms with Crippen molar-refractivity contribution in [3.05, 3.63) is 0 Å². The summed E-state index contributed by atoms with van der Waals surface area (Å²) in [5, 5.41) is 12.9. The first-order chi connectivity index (χ1) is 8.99. The summed E-state index contributed by atoms with van der Waals surface area (Å²) in [5.41, 5.74) is 0.439. The van der Waals surface area contributed by atoms with E-state index in [9.17, 15) is 5.11 Å². The lowest BCUT2D eigenvalue weighted by molar-refractivity contribution is 0.0992. The van der Waals surface area contributed by atoms with Gasteiger partial charge in [0.1, 0.15) is 0 Å². The van der Waals surface area contributed by atoms with E-state index in [1.165, 1.54) is 25.7 Å². The third kappa shape index (κ3) is 5.80. The van der Waals surface area contributed by atoms with Crippen LogP contribution in [0.5, 0.6) is 0 Å². The largest absolute Gasteiger partial charge is 0.395 e. The Morgan fingerprint density at radius 2 is 1.79 bits per heavy atom. The van der Waals surface area contributed by atoms with E-state index < -0.39 is 0 Å². The molecule has 0 unspecified atom stereocenters. The molecular formula is C16H34N2O. The molecule has 0 aromatic heterocycles. The lowest BCUT2D eigenvalue weighted by Crippen LogP contribution is -2.46. The van der Waals surface area contributed by atoms with Gasteiger partial charge in [0.15, 0.2) is 0 Å². The summed E-state index contributed by atoms with van der Waals surface area (Å²) in [5.74, 6) is 0.720. The fourth-order valence-corrected chi connectivity index (χ4v) is 3.22. The van der Waals surface area contributed by atoms with Crippen molar-refractivity contribution in [3.8, 4) is 0 Å². The zero-order valence-electron chi connectivity index (χ0n) is 13.4. The Morgan fingerprint density at radius 1 is 1.16 bits per heavy atom. The molecule has 0 spiro atoms. The van der Waals surface area contributed by atoms with Crippen molar-refractivity contribution in [2.24, 2.45) is 11.3 Å². The number of hydrogen-bond acceptors (Lipinski definition) is 3. The van der Waals surface area contributed by atoms with Crippen molar-refractivity contribution in [2.75, 3.05) is 32.8 Å². The summed E-state index contributed by atoms with van der Waals surface area (Å²) in [4.78, 5) is 2.45. The summed E-state index contributed by atoms with van der Waals surface area (Å²) in [6.07, 6.45) is 5.42. The average molecular weight is 270 g/mol. The van der Waals surface area contributed by atoms with Crippen molar-refractivity contribution >= 4 is 0 Å². The molecular weight excluding hydrogens is 236 g/mol. The van der Waals surface area contributed by atoms with E-state index in [0.717, 1.165) is 32.1 Å². The first kappa shape index (κ1) is 16.9. The second-order valence-electron chi connectivity index (χ2n) is 7.02. The van der Waals surface area contributed by atoms with Crippen LogP contribution in [0.3, 0.4) is 0 Å². The molecule has 0 amide bonds. The predicted molar refractivity (Wildman–Crippen MR) is 82.4 cm³/mol. The quantitative estimate of drug-likeness (QED) is 0.676. The van der Waals surface area contributed by atoms with Gasteiger partial charge in [-0.3, -0.25) is 4.90 Å². The van der Waals surface area contributed by atoms with E-state index in [-0.39, 0.29) is 6.61 Å². The van der Waals surface area contributed by atoms with Gasteiger partial charge in [-0.05, 0) is 44.6 Å². The molecule has 0 atom stereocenters. The summed E-state index contributed by atoms with van der Waals surface area (Å²) in [6, 6.07) is 0.523. The predicted octanol–water partition coefficient (Wildman–Crippen LogP) is 2.50. The molecule has 0 saturated heterocycles. The molecule has 0 bridgehead atoms. The minimum Gasteiger partial charge on any atom is -0.395 e. The Hall–Kier alpha value is -0.120. The van der Waals surface area contributed by atoms with E-state index in [0.29, 0.717) is 11.5 Å². The highest BCUT2D eigenvalue weighted by Gasteiger charge is 2.35. The van der Waals surface area contributed by atoms with Crippen molar-refractivity contribution in [1.29, 1.82) is 0 Å². The summed E-state index contributed by atoms with van der Waals surface area (Å²) in [6.45, 7) is 13.5. The molecule has 2 N–H and O–H groups in total. The minimum atomic E-state index is 0.272. The molecule has 0 aliphatic heterocycles. The van der Waals surface area contributed by atoms with Gasteiger partial charge < -0.3 is 10.4 Å². The Kier molecular flexibility index (Phi) is 7.33. The summed E-state index contributed by atoms with van der Waals surface area (Å²) >= 11 is 0. The van der Waals surface area contributed by atoms with E-state index >= 15 is 0 Å². The van der Waals surface area contributed by atoms with Crippen LogP contribution in [-0.4, -0.2) is 48.8 Å². The van der Waals surface area contributed by atoms with E-state index in [2.05, 4.69) is 37.9 Å². The zero-order chi connectivity index (χ0) is 14.3. The van der Waals surface area contributed by atoms with Crippen molar-refractivity contribution < 1.29 is 5.11 Å². The molecule has 19 heavy (non-hydrogen) atoms. The zero-order valence-corrected chi connectivity index (χ0v) is 13.4. The summed E-state index contributed by atoms with van der Waals surface area (Å²) in [7, 11) is 0. The molecule has 114 valence electrons. The van der Waals surface area contributed by atoms with Crippen LogP contribution in [0.15, 0.2) is 0 Å². The number of nitrogens with one attached hydrogen (secondary N) is 1. The van der Waals surface area contributed by atoms with Crippen molar-refractivity contribution in [3.63, 3.8) is 0 Å². The smallest absolute Gasteiger partial charge is 0.0558 e. The van der Waals surface area contributed by atoms with Gasteiger partial charge in [0.05, 0.1) is 6.61 Å². The molecule has 3 nitrogen and oxygen atoms in total. The molecule has 1 rings (SSSR count). The van der Waals surface area contributed by atoms with Gasteiger partial charge in [-0.2, -0.15) is 0 Å². The Balaban J connectivity index is 2.54. The monoisotopic (exact) mass is 270 g/mol. The molecule has 0 heterocycles. The molecule has 1 aliphatic rings. The van der Waals surface area contributed by atoms with Crippen LogP contribution in [0.2, 0.25) is 0 Å². The topological polar surface area (TPSA) is 35.5 Å². The highest BCUT2D eigenvalue weighted by atomic mass is 16.3. The molecule has 0 aromatic carbocycles. The standard InChI is InChI=1S/C16H34N2O/c1-14(2)11-17-12-16(7-5-6-8-16)13-18(9-10-19)15(3)4/h14-15,17,19H,5-13H2,1-4H3. The SMILES string of the molecule is CC(C)CNCC1(CN(CCO)C(C)C)CCCC1. The van der Waals surface area contributed by atoms with E-state index in [1.807, 2.05) is 0 Å². The lowest BCUT2D eigenvalue weighted by Gasteiger charge is -2.37. The van der Waals surface area contributed by atoms with Crippen LogP contribution in [0.4, 0.5) is 0 Å². The number of hydrogen-bond donors (Lipinski definition) is 2. The van der Waals surface area contributed by atoms with E-state index in [4.69, 9.17) is 0 Å². The van der Waals surface area contributed by atoms with Crippen LogP contribution >= 0.6 is 0 Å². The van der Waals surface area contributed by atoms with Crippen molar-refractivity contribution in [1.82, 2.24) is 10.2 Å². The van der Waals surface area contributed by atoms with E-state index in [1.54, 1.807) is 0 Å².